The van der Waals surface area contributed by atoms with Crippen LogP contribution in [0.25, 0.3) is 0 Å². The van der Waals surface area contributed by atoms with Crippen molar-refractivity contribution in [2.45, 2.75) is 39.7 Å². The molecule has 138 valence electrons. The maximum Gasteiger partial charge on any atom is 0.287 e. The maximum atomic E-state index is 11.5. The van der Waals surface area contributed by atoms with Crippen molar-refractivity contribution in [1.29, 1.82) is 0 Å². The summed E-state index contributed by atoms with van der Waals surface area (Å²) in [4.78, 5) is 33.1. The summed E-state index contributed by atoms with van der Waals surface area (Å²) >= 11 is 0. The van der Waals surface area contributed by atoms with Crippen molar-refractivity contribution in [2.75, 3.05) is 6.54 Å². The zero-order chi connectivity index (χ0) is 19.4. The van der Waals surface area contributed by atoms with Gasteiger partial charge < -0.3 is 10.2 Å². The Balaban J connectivity index is 3.53. The van der Waals surface area contributed by atoms with Crippen LogP contribution in [0.4, 0.5) is 0 Å². The minimum atomic E-state index is -1.68. The molecule has 1 aliphatic heterocycles. The lowest BCUT2D eigenvalue weighted by molar-refractivity contribution is -0.484. The Bertz CT molecular complexity index is 629. The third-order valence-electron chi connectivity index (χ3n) is 3.48. The van der Waals surface area contributed by atoms with Gasteiger partial charge in [-0.05, 0) is 27.2 Å². The molecule has 1 heterocycles. The van der Waals surface area contributed by atoms with E-state index in [2.05, 4.69) is 5.32 Å². The van der Waals surface area contributed by atoms with Crippen molar-refractivity contribution in [3.63, 3.8) is 0 Å². The van der Waals surface area contributed by atoms with Gasteiger partial charge in [0.05, 0.1) is 33.4 Å². The first-order chi connectivity index (χ1) is 11.5. The number of rotatable bonds is 7. The fourth-order valence-corrected chi connectivity index (χ4v) is 2.18. The number of nitrogens with zero attached hydrogens (tertiary/aromatic N) is 4. The average Bonchev–Trinajstić information content (AvgIpc) is 2.49. The summed E-state index contributed by atoms with van der Waals surface area (Å²) in [5.74, 6) is -1.68. The molecule has 0 spiro atoms. The van der Waals surface area contributed by atoms with E-state index in [9.17, 15) is 30.3 Å². The van der Waals surface area contributed by atoms with E-state index < -0.39 is 43.3 Å². The van der Waals surface area contributed by atoms with E-state index in [4.69, 9.17) is 0 Å². The molecule has 11 nitrogen and oxygen atoms in total. The second kappa shape index (κ2) is 7.73. The van der Waals surface area contributed by atoms with Gasteiger partial charge in [-0.3, -0.25) is 30.3 Å². The Labute approximate surface area is 144 Å². The quantitative estimate of drug-likeness (QED) is 0.415. The first-order valence-corrected chi connectivity index (χ1v) is 7.59. The van der Waals surface area contributed by atoms with Gasteiger partial charge >= 0.3 is 0 Å². The normalized spacial score (nSPS) is 16.2. The summed E-state index contributed by atoms with van der Waals surface area (Å²) in [7, 11) is 0. The first kappa shape index (κ1) is 20.1. The highest BCUT2D eigenvalue weighted by atomic mass is 16.6. The van der Waals surface area contributed by atoms with Gasteiger partial charge in [-0.2, -0.15) is 0 Å². The number of nitro groups is 3. The Kier molecular flexibility index (Phi) is 6.20. The summed E-state index contributed by atoms with van der Waals surface area (Å²) in [6.07, 6.45) is 3.87. The highest BCUT2D eigenvalue weighted by Crippen LogP contribution is 2.35. The molecule has 25 heavy (non-hydrogen) atoms. The molecule has 0 aromatic heterocycles. The zero-order valence-corrected chi connectivity index (χ0v) is 14.5. The standard InChI is InChI=1S/C14H21N5O6/c1-5-6-15-7-10(17(20)21)13-11(18(22)23)8-16(14(2,3)4)9-12(13)19(24)25/h7-9,13,15H,5-6H2,1-4H3/b10-7-. The molecule has 1 N–H and O–H groups in total. The largest absolute Gasteiger partial charge is 0.386 e. The van der Waals surface area contributed by atoms with E-state index in [0.29, 0.717) is 13.0 Å². The van der Waals surface area contributed by atoms with Gasteiger partial charge in [0.2, 0.25) is 5.92 Å². The van der Waals surface area contributed by atoms with Crippen LogP contribution in [0.15, 0.2) is 35.7 Å². The van der Waals surface area contributed by atoms with Crippen LogP contribution in [0, 0.1) is 36.3 Å². The van der Waals surface area contributed by atoms with Crippen LogP contribution < -0.4 is 5.32 Å². The zero-order valence-electron chi connectivity index (χ0n) is 14.5. The van der Waals surface area contributed by atoms with Gasteiger partial charge in [0, 0.05) is 12.1 Å². The second-order valence-electron chi connectivity index (χ2n) is 6.41. The van der Waals surface area contributed by atoms with Crippen LogP contribution >= 0.6 is 0 Å². The van der Waals surface area contributed by atoms with Crippen molar-refractivity contribution < 1.29 is 14.8 Å². The van der Waals surface area contributed by atoms with Gasteiger partial charge in [0.1, 0.15) is 0 Å². The Morgan fingerprint density at radius 2 is 1.64 bits per heavy atom. The molecule has 0 radical (unpaired) electrons. The second-order valence-corrected chi connectivity index (χ2v) is 6.41. The van der Waals surface area contributed by atoms with Crippen molar-refractivity contribution >= 4 is 0 Å². The third kappa shape index (κ3) is 4.75. The summed E-state index contributed by atoms with van der Waals surface area (Å²) in [5, 5.41) is 37.0. The molecule has 0 aromatic rings. The number of nitrogens with one attached hydrogen (secondary N) is 1. The number of hydrogen-bond acceptors (Lipinski definition) is 8. The average molecular weight is 355 g/mol. The van der Waals surface area contributed by atoms with Crippen molar-refractivity contribution in [3.8, 4) is 0 Å². The van der Waals surface area contributed by atoms with Crippen LogP contribution in [0.3, 0.4) is 0 Å². The molecule has 1 rings (SSSR count). The first-order valence-electron chi connectivity index (χ1n) is 7.59. The molecule has 0 unspecified atom stereocenters. The summed E-state index contributed by atoms with van der Waals surface area (Å²) in [6.45, 7) is 7.36. The minimum absolute atomic E-state index is 0.396. The summed E-state index contributed by atoms with van der Waals surface area (Å²) in [6, 6.07) is 0. The van der Waals surface area contributed by atoms with Gasteiger partial charge in [-0.1, -0.05) is 6.92 Å². The summed E-state index contributed by atoms with van der Waals surface area (Å²) < 4.78 is 0. The molecule has 0 saturated heterocycles. The van der Waals surface area contributed by atoms with Crippen molar-refractivity contribution in [2.24, 2.45) is 5.92 Å². The van der Waals surface area contributed by atoms with E-state index in [1.807, 2.05) is 6.92 Å². The molecule has 0 aromatic carbocycles. The predicted molar refractivity (Wildman–Crippen MR) is 88.6 cm³/mol. The fraction of sp³-hybridized carbons (Fsp3) is 0.571. The lowest BCUT2D eigenvalue weighted by Crippen LogP contribution is -2.39. The van der Waals surface area contributed by atoms with E-state index in [1.54, 1.807) is 20.8 Å². The van der Waals surface area contributed by atoms with Gasteiger partial charge in [-0.25, -0.2) is 0 Å². The molecule has 0 aliphatic carbocycles. The van der Waals surface area contributed by atoms with E-state index >= 15 is 0 Å². The van der Waals surface area contributed by atoms with E-state index in [0.717, 1.165) is 18.6 Å². The Morgan fingerprint density at radius 1 is 1.16 bits per heavy atom. The molecular formula is C14H21N5O6. The molecule has 0 bridgehead atoms. The Hall–Kier alpha value is -2.98. The lowest BCUT2D eigenvalue weighted by Gasteiger charge is -2.33. The highest BCUT2D eigenvalue weighted by molar-refractivity contribution is 5.27. The highest BCUT2D eigenvalue weighted by Gasteiger charge is 2.49. The van der Waals surface area contributed by atoms with Crippen LogP contribution in [0.2, 0.25) is 0 Å². The lowest BCUT2D eigenvalue weighted by atomic mass is 9.94. The van der Waals surface area contributed by atoms with Crippen molar-refractivity contribution in [3.05, 3.63) is 66.0 Å². The van der Waals surface area contributed by atoms with E-state index in [-0.39, 0.29) is 0 Å². The molecule has 0 fully saturated rings. The monoisotopic (exact) mass is 355 g/mol. The van der Waals surface area contributed by atoms with E-state index in [1.165, 1.54) is 4.90 Å². The van der Waals surface area contributed by atoms with Crippen LogP contribution in [0.1, 0.15) is 34.1 Å². The molecule has 11 heteroatoms. The fourth-order valence-electron chi connectivity index (χ4n) is 2.18. The van der Waals surface area contributed by atoms with Gasteiger partial charge in [0.15, 0.2) is 0 Å². The SMILES string of the molecule is CCCN/C=C(/C1C([N+](=O)[O-])=CN(C(C)(C)C)C=C1[N+](=O)[O-])[N+](=O)[O-]. The molecule has 0 atom stereocenters. The van der Waals surface area contributed by atoms with Crippen LogP contribution in [0.5, 0.6) is 0 Å². The van der Waals surface area contributed by atoms with Gasteiger partial charge in [0.25, 0.3) is 17.1 Å². The summed E-state index contributed by atoms with van der Waals surface area (Å²) in [5.41, 5.74) is -2.56. The molecule has 1 aliphatic rings. The molecule has 0 amide bonds. The topological polar surface area (TPSA) is 145 Å². The molecule has 0 saturated carbocycles. The van der Waals surface area contributed by atoms with Crippen LogP contribution in [-0.4, -0.2) is 31.8 Å². The third-order valence-corrected chi connectivity index (χ3v) is 3.48. The molecular weight excluding hydrogens is 334 g/mol. The maximum absolute atomic E-state index is 11.5. The minimum Gasteiger partial charge on any atom is -0.386 e. The van der Waals surface area contributed by atoms with Crippen LogP contribution in [-0.2, 0) is 0 Å². The smallest absolute Gasteiger partial charge is 0.287 e. The van der Waals surface area contributed by atoms with Gasteiger partial charge in [-0.15, -0.1) is 0 Å². The van der Waals surface area contributed by atoms with Crippen molar-refractivity contribution in [1.82, 2.24) is 10.2 Å². The number of hydrogen-bond donors (Lipinski definition) is 1. The Morgan fingerprint density at radius 3 is 1.96 bits per heavy atom. The predicted octanol–water partition coefficient (Wildman–Crippen LogP) is 2.07.